The minimum Gasteiger partial charge on any atom is -0.481 e. The van der Waals surface area contributed by atoms with E-state index in [1.54, 1.807) is 13.2 Å². The Labute approximate surface area is 96.4 Å². The molecule has 1 aromatic rings. The second kappa shape index (κ2) is 5.12. The molecule has 0 aliphatic heterocycles. The lowest BCUT2D eigenvalue weighted by atomic mass is 10.0. The van der Waals surface area contributed by atoms with Crippen LogP contribution in [0.15, 0.2) is 6.07 Å². The number of nitrogens with zero attached hydrogens (tertiary/aromatic N) is 2. The zero-order chi connectivity index (χ0) is 12.2. The highest BCUT2D eigenvalue weighted by atomic mass is 16.5. The summed E-state index contributed by atoms with van der Waals surface area (Å²) in [5.41, 5.74) is 6.30. The van der Waals surface area contributed by atoms with Crippen molar-refractivity contribution in [1.82, 2.24) is 9.97 Å². The van der Waals surface area contributed by atoms with Crippen LogP contribution < -0.4 is 15.8 Å². The van der Waals surface area contributed by atoms with Gasteiger partial charge < -0.3 is 15.8 Å². The molecule has 3 N–H and O–H groups in total. The van der Waals surface area contributed by atoms with Crippen LogP contribution in [0.5, 0.6) is 5.88 Å². The molecule has 5 heteroatoms. The maximum absolute atomic E-state index is 5.55. The Kier molecular flexibility index (Phi) is 4.06. The van der Waals surface area contributed by atoms with E-state index in [0.29, 0.717) is 18.4 Å². The fourth-order valence-electron chi connectivity index (χ4n) is 1.43. The number of methoxy groups -OCH3 is 1. The van der Waals surface area contributed by atoms with Crippen LogP contribution in [0, 0.1) is 6.92 Å². The maximum Gasteiger partial charge on any atom is 0.226 e. The van der Waals surface area contributed by atoms with Crippen molar-refractivity contribution in [2.75, 3.05) is 19.0 Å². The third-order valence-electron chi connectivity index (χ3n) is 2.26. The van der Waals surface area contributed by atoms with E-state index >= 15 is 0 Å². The molecular formula is C11H20N4O. The molecule has 0 aliphatic rings. The molecule has 0 spiro atoms. The standard InChI is InChI=1S/C11H20N4O/c1-8-7-9(16-4)14-10(13-8)15-11(2,3)5-6-12/h7H,5-6,12H2,1-4H3,(H,13,14,15). The topological polar surface area (TPSA) is 73.1 Å². The number of hydrogen-bond acceptors (Lipinski definition) is 5. The van der Waals surface area contributed by atoms with E-state index in [1.807, 2.05) is 6.92 Å². The van der Waals surface area contributed by atoms with Gasteiger partial charge in [0, 0.05) is 17.3 Å². The van der Waals surface area contributed by atoms with Crippen LogP contribution in [0.3, 0.4) is 0 Å². The van der Waals surface area contributed by atoms with E-state index in [0.717, 1.165) is 12.1 Å². The first-order valence-electron chi connectivity index (χ1n) is 5.35. The molecule has 0 saturated heterocycles. The van der Waals surface area contributed by atoms with Crippen LogP contribution >= 0.6 is 0 Å². The smallest absolute Gasteiger partial charge is 0.226 e. The lowest BCUT2D eigenvalue weighted by molar-refractivity contribution is 0.396. The fraction of sp³-hybridized carbons (Fsp3) is 0.636. The molecule has 0 radical (unpaired) electrons. The summed E-state index contributed by atoms with van der Waals surface area (Å²) in [6.45, 7) is 6.67. The van der Waals surface area contributed by atoms with Crippen LogP contribution in [0.1, 0.15) is 26.0 Å². The first-order valence-corrected chi connectivity index (χ1v) is 5.35. The largest absolute Gasteiger partial charge is 0.481 e. The zero-order valence-corrected chi connectivity index (χ0v) is 10.4. The number of anilines is 1. The fourth-order valence-corrected chi connectivity index (χ4v) is 1.43. The summed E-state index contributed by atoms with van der Waals surface area (Å²) in [5, 5.41) is 3.25. The zero-order valence-electron chi connectivity index (χ0n) is 10.4. The minimum absolute atomic E-state index is 0.118. The van der Waals surface area contributed by atoms with Crippen molar-refractivity contribution >= 4 is 5.95 Å². The van der Waals surface area contributed by atoms with Crippen LogP contribution in [-0.2, 0) is 0 Å². The second-order valence-electron chi connectivity index (χ2n) is 4.42. The van der Waals surface area contributed by atoms with Gasteiger partial charge in [-0.05, 0) is 33.7 Å². The molecule has 0 fully saturated rings. The summed E-state index contributed by atoms with van der Waals surface area (Å²) in [6.07, 6.45) is 0.854. The highest BCUT2D eigenvalue weighted by molar-refractivity contribution is 5.33. The van der Waals surface area contributed by atoms with E-state index in [4.69, 9.17) is 10.5 Å². The van der Waals surface area contributed by atoms with Gasteiger partial charge in [-0.25, -0.2) is 4.98 Å². The van der Waals surface area contributed by atoms with Crippen LogP contribution in [0.4, 0.5) is 5.95 Å². The third-order valence-corrected chi connectivity index (χ3v) is 2.26. The Morgan fingerprint density at radius 2 is 2.12 bits per heavy atom. The van der Waals surface area contributed by atoms with Gasteiger partial charge in [0.25, 0.3) is 0 Å². The monoisotopic (exact) mass is 224 g/mol. The quantitative estimate of drug-likeness (QED) is 0.789. The van der Waals surface area contributed by atoms with E-state index in [9.17, 15) is 0 Å². The van der Waals surface area contributed by atoms with Crippen LogP contribution in [0.25, 0.3) is 0 Å². The van der Waals surface area contributed by atoms with Gasteiger partial charge in [0.1, 0.15) is 0 Å². The number of aromatic nitrogens is 2. The van der Waals surface area contributed by atoms with Gasteiger partial charge in [-0.3, -0.25) is 0 Å². The van der Waals surface area contributed by atoms with Crippen molar-refractivity contribution in [3.05, 3.63) is 11.8 Å². The van der Waals surface area contributed by atoms with Crippen molar-refractivity contribution in [1.29, 1.82) is 0 Å². The molecular weight excluding hydrogens is 204 g/mol. The minimum atomic E-state index is -0.118. The lowest BCUT2D eigenvalue weighted by Crippen LogP contribution is -2.34. The first-order chi connectivity index (χ1) is 7.46. The highest BCUT2D eigenvalue weighted by Crippen LogP contribution is 2.17. The Morgan fingerprint density at radius 3 is 2.69 bits per heavy atom. The Balaban J connectivity index is 2.84. The van der Waals surface area contributed by atoms with Crippen molar-refractivity contribution < 1.29 is 4.74 Å². The van der Waals surface area contributed by atoms with Gasteiger partial charge in [-0.15, -0.1) is 0 Å². The number of hydrogen-bond donors (Lipinski definition) is 2. The molecule has 0 aliphatic carbocycles. The number of aryl methyl sites for hydroxylation is 1. The van der Waals surface area contributed by atoms with Crippen LogP contribution in [-0.4, -0.2) is 29.2 Å². The molecule has 5 nitrogen and oxygen atoms in total. The molecule has 16 heavy (non-hydrogen) atoms. The Hall–Kier alpha value is -1.36. The van der Waals surface area contributed by atoms with E-state index in [2.05, 4.69) is 29.1 Å². The Bertz CT molecular complexity index is 352. The van der Waals surface area contributed by atoms with Crippen LogP contribution in [0.2, 0.25) is 0 Å². The molecule has 1 aromatic heterocycles. The Morgan fingerprint density at radius 1 is 1.44 bits per heavy atom. The molecule has 0 amide bonds. The van der Waals surface area contributed by atoms with Crippen molar-refractivity contribution in [3.8, 4) is 5.88 Å². The summed E-state index contributed by atoms with van der Waals surface area (Å²) in [4.78, 5) is 8.54. The highest BCUT2D eigenvalue weighted by Gasteiger charge is 2.18. The summed E-state index contributed by atoms with van der Waals surface area (Å²) < 4.78 is 5.09. The first kappa shape index (κ1) is 12.7. The summed E-state index contributed by atoms with van der Waals surface area (Å²) >= 11 is 0. The van der Waals surface area contributed by atoms with E-state index < -0.39 is 0 Å². The average Bonchev–Trinajstić information content (AvgIpc) is 2.15. The average molecular weight is 224 g/mol. The van der Waals surface area contributed by atoms with Crippen molar-refractivity contribution in [2.24, 2.45) is 5.73 Å². The van der Waals surface area contributed by atoms with E-state index in [-0.39, 0.29) is 5.54 Å². The van der Waals surface area contributed by atoms with Gasteiger partial charge in [0.2, 0.25) is 11.8 Å². The summed E-state index contributed by atoms with van der Waals surface area (Å²) in [6, 6.07) is 1.79. The molecule has 0 saturated carbocycles. The van der Waals surface area contributed by atoms with Gasteiger partial charge >= 0.3 is 0 Å². The number of ether oxygens (including phenoxy) is 1. The molecule has 90 valence electrons. The molecule has 1 rings (SSSR count). The molecule has 0 atom stereocenters. The van der Waals surface area contributed by atoms with Crippen molar-refractivity contribution in [3.63, 3.8) is 0 Å². The number of nitrogens with one attached hydrogen (secondary N) is 1. The molecule has 0 aromatic carbocycles. The molecule has 0 unspecified atom stereocenters. The molecule has 1 heterocycles. The van der Waals surface area contributed by atoms with Gasteiger partial charge in [-0.2, -0.15) is 4.98 Å². The third kappa shape index (κ3) is 3.66. The van der Waals surface area contributed by atoms with Gasteiger partial charge in [0.15, 0.2) is 0 Å². The van der Waals surface area contributed by atoms with Gasteiger partial charge in [-0.1, -0.05) is 0 Å². The maximum atomic E-state index is 5.55. The normalized spacial score (nSPS) is 11.3. The second-order valence-corrected chi connectivity index (χ2v) is 4.42. The predicted molar refractivity (Wildman–Crippen MR) is 64.7 cm³/mol. The summed E-state index contributed by atoms with van der Waals surface area (Å²) in [5.74, 6) is 1.15. The molecule has 0 bridgehead atoms. The predicted octanol–water partition coefficient (Wildman–Crippen LogP) is 1.33. The summed E-state index contributed by atoms with van der Waals surface area (Å²) in [7, 11) is 1.59. The van der Waals surface area contributed by atoms with E-state index in [1.165, 1.54) is 0 Å². The number of rotatable bonds is 5. The SMILES string of the molecule is COc1cc(C)nc(NC(C)(C)CCN)n1. The van der Waals surface area contributed by atoms with Crippen molar-refractivity contribution in [2.45, 2.75) is 32.7 Å². The van der Waals surface area contributed by atoms with Gasteiger partial charge in [0.05, 0.1) is 7.11 Å². The lowest BCUT2D eigenvalue weighted by Gasteiger charge is -2.25. The number of nitrogens with two attached hydrogens (primary N) is 1.